The maximum absolute atomic E-state index is 13.9. The van der Waals surface area contributed by atoms with E-state index in [0.29, 0.717) is 18.5 Å². The van der Waals surface area contributed by atoms with E-state index < -0.39 is 35.6 Å². The molecule has 1 aromatic rings. The van der Waals surface area contributed by atoms with Gasteiger partial charge in [-0.05, 0) is 65.5 Å². The molecule has 9 heteroatoms. The lowest BCUT2D eigenvalue weighted by Gasteiger charge is -2.35. The number of carbonyl (C=O) groups excluding carboxylic acids is 4. The molecule has 0 aliphatic rings. The number of benzene rings is 1. The first kappa shape index (κ1) is 29.9. The summed E-state index contributed by atoms with van der Waals surface area (Å²) in [5, 5.41) is 5.52. The van der Waals surface area contributed by atoms with Crippen molar-refractivity contribution in [2.24, 2.45) is 5.73 Å². The molecule has 2 unspecified atom stereocenters. The zero-order valence-corrected chi connectivity index (χ0v) is 22.1. The van der Waals surface area contributed by atoms with Gasteiger partial charge in [0.1, 0.15) is 17.7 Å². The van der Waals surface area contributed by atoms with E-state index in [0.717, 1.165) is 12.0 Å². The molecular formula is C26H42N4O5. The molecule has 0 aliphatic heterocycles. The van der Waals surface area contributed by atoms with E-state index in [9.17, 15) is 19.2 Å². The largest absolute Gasteiger partial charge is 0.444 e. The average Bonchev–Trinajstić information content (AvgIpc) is 2.72. The molecule has 4 N–H and O–H groups in total. The molecule has 4 amide bonds. The quantitative estimate of drug-likeness (QED) is 0.414. The van der Waals surface area contributed by atoms with E-state index in [1.807, 2.05) is 52.0 Å². The third-order valence-corrected chi connectivity index (χ3v) is 5.18. The number of nitrogens with zero attached hydrogens (tertiary/aromatic N) is 1. The minimum absolute atomic E-state index is 0.0116. The normalized spacial score (nSPS) is 13.0. The van der Waals surface area contributed by atoms with Crippen molar-refractivity contribution in [2.75, 3.05) is 6.54 Å². The molecule has 0 saturated carbocycles. The number of amides is 4. The second-order valence-corrected chi connectivity index (χ2v) is 10.0. The van der Waals surface area contributed by atoms with Crippen molar-refractivity contribution in [3.8, 4) is 0 Å². The molecule has 0 aromatic heterocycles. The lowest BCUT2D eigenvalue weighted by molar-refractivity contribution is -0.143. The van der Waals surface area contributed by atoms with Crippen LogP contribution in [0.25, 0.3) is 0 Å². The highest BCUT2D eigenvalue weighted by Crippen LogP contribution is 2.27. The Kier molecular flexibility index (Phi) is 11.7. The Morgan fingerprint density at radius 2 is 1.71 bits per heavy atom. The smallest absolute Gasteiger partial charge is 0.408 e. The van der Waals surface area contributed by atoms with Crippen molar-refractivity contribution in [1.29, 1.82) is 0 Å². The number of unbranched alkanes of at least 4 members (excludes halogenated alkanes) is 1. The minimum atomic E-state index is -1.09. The van der Waals surface area contributed by atoms with Crippen molar-refractivity contribution in [1.82, 2.24) is 15.5 Å². The van der Waals surface area contributed by atoms with Gasteiger partial charge in [-0.15, -0.1) is 0 Å². The van der Waals surface area contributed by atoms with Crippen molar-refractivity contribution in [2.45, 2.75) is 97.9 Å². The Balaban J connectivity index is 3.48. The first-order valence-electron chi connectivity index (χ1n) is 12.2. The molecule has 196 valence electrons. The van der Waals surface area contributed by atoms with E-state index in [1.165, 1.54) is 4.90 Å². The standard InChI is InChI=1S/C26H42N4O5/c1-8-9-16-30(22(23(32)28-17(2)3)19-13-11-10-12-18(19)4)24(33)20(14-15-21(27)31)29-25(34)35-26(5,6)7/h10-13,17,20,22H,8-9,14-16H2,1-7H3,(H2,27,31)(H,28,32)(H,29,34). The summed E-state index contributed by atoms with van der Waals surface area (Å²) in [5.41, 5.74) is 6.11. The highest BCUT2D eigenvalue weighted by molar-refractivity contribution is 5.92. The van der Waals surface area contributed by atoms with Crippen LogP contribution in [-0.2, 0) is 19.1 Å². The van der Waals surface area contributed by atoms with Crippen LogP contribution in [0.5, 0.6) is 0 Å². The van der Waals surface area contributed by atoms with E-state index in [2.05, 4.69) is 10.6 Å². The van der Waals surface area contributed by atoms with Crippen LogP contribution in [0.3, 0.4) is 0 Å². The Labute approximate surface area is 209 Å². The summed E-state index contributed by atoms with van der Waals surface area (Å²) in [6.07, 6.45) is 0.540. The number of primary amides is 1. The third-order valence-electron chi connectivity index (χ3n) is 5.18. The molecule has 0 bridgehead atoms. The molecule has 1 aromatic carbocycles. The maximum Gasteiger partial charge on any atom is 0.408 e. The topological polar surface area (TPSA) is 131 Å². The van der Waals surface area contributed by atoms with Gasteiger partial charge in [0.15, 0.2) is 0 Å². The van der Waals surface area contributed by atoms with E-state index in [1.54, 1.807) is 20.8 Å². The summed E-state index contributed by atoms with van der Waals surface area (Å²) < 4.78 is 5.33. The van der Waals surface area contributed by atoms with Crippen molar-refractivity contribution >= 4 is 23.8 Å². The molecule has 0 spiro atoms. The number of rotatable bonds is 12. The Morgan fingerprint density at radius 1 is 1.09 bits per heavy atom. The Morgan fingerprint density at radius 3 is 2.23 bits per heavy atom. The molecule has 35 heavy (non-hydrogen) atoms. The number of nitrogens with one attached hydrogen (secondary N) is 2. The Hall–Kier alpha value is -3.10. The third kappa shape index (κ3) is 10.4. The van der Waals surface area contributed by atoms with E-state index in [-0.39, 0.29) is 24.8 Å². The molecule has 0 fully saturated rings. The second kappa shape index (κ2) is 13.7. The summed E-state index contributed by atoms with van der Waals surface area (Å²) in [5.74, 6) is -1.38. The van der Waals surface area contributed by atoms with Gasteiger partial charge in [-0.3, -0.25) is 14.4 Å². The SMILES string of the molecule is CCCCN(C(=O)C(CCC(N)=O)NC(=O)OC(C)(C)C)C(C(=O)NC(C)C)c1ccccc1C. The fraction of sp³-hybridized carbons (Fsp3) is 0.615. The number of hydrogen-bond donors (Lipinski definition) is 3. The number of ether oxygens (including phenoxy) is 1. The van der Waals surface area contributed by atoms with Crippen molar-refractivity contribution in [3.63, 3.8) is 0 Å². The van der Waals surface area contributed by atoms with Crippen molar-refractivity contribution < 1.29 is 23.9 Å². The molecule has 2 atom stereocenters. The first-order valence-corrected chi connectivity index (χ1v) is 12.2. The number of nitrogens with two attached hydrogens (primary N) is 1. The van der Waals surface area contributed by atoms with Crippen LogP contribution < -0.4 is 16.4 Å². The fourth-order valence-electron chi connectivity index (χ4n) is 3.60. The summed E-state index contributed by atoms with van der Waals surface area (Å²) in [4.78, 5) is 52.8. The van der Waals surface area contributed by atoms with E-state index >= 15 is 0 Å². The highest BCUT2D eigenvalue weighted by atomic mass is 16.6. The summed E-state index contributed by atoms with van der Waals surface area (Å²) in [7, 11) is 0. The number of alkyl carbamates (subject to hydrolysis) is 1. The zero-order chi connectivity index (χ0) is 26.8. The van der Waals surface area contributed by atoms with Gasteiger partial charge in [0.05, 0.1) is 0 Å². The fourth-order valence-corrected chi connectivity index (χ4v) is 3.60. The summed E-state index contributed by atoms with van der Waals surface area (Å²) >= 11 is 0. The highest BCUT2D eigenvalue weighted by Gasteiger charge is 2.36. The van der Waals surface area contributed by atoms with Gasteiger partial charge < -0.3 is 26.0 Å². The van der Waals surface area contributed by atoms with Crippen LogP contribution in [0.1, 0.15) is 84.4 Å². The van der Waals surface area contributed by atoms with E-state index in [4.69, 9.17) is 10.5 Å². The van der Waals surface area contributed by atoms with Gasteiger partial charge in [0, 0.05) is 19.0 Å². The average molecular weight is 491 g/mol. The number of hydrogen-bond acceptors (Lipinski definition) is 5. The van der Waals surface area contributed by atoms with Crippen LogP contribution in [0.15, 0.2) is 24.3 Å². The van der Waals surface area contributed by atoms with Gasteiger partial charge in [0.2, 0.25) is 17.7 Å². The molecule has 9 nitrogen and oxygen atoms in total. The van der Waals surface area contributed by atoms with Gasteiger partial charge in [-0.25, -0.2) is 4.79 Å². The zero-order valence-electron chi connectivity index (χ0n) is 22.1. The molecule has 1 rings (SSSR count). The lowest BCUT2D eigenvalue weighted by Crippen LogP contribution is -2.54. The van der Waals surface area contributed by atoms with Crippen LogP contribution >= 0.6 is 0 Å². The number of carbonyl (C=O) groups is 4. The minimum Gasteiger partial charge on any atom is -0.444 e. The molecule has 0 heterocycles. The Bertz CT molecular complexity index is 879. The second-order valence-electron chi connectivity index (χ2n) is 10.0. The first-order chi connectivity index (χ1) is 16.3. The van der Waals surface area contributed by atoms with Crippen LogP contribution in [0.2, 0.25) is 0 Å². The van der Waals surface area contributed by atoms with Crippen LogP contribution in [0, 0.1) is 6.92 Å². The maximum atomic E-state index is 13.9. The predicted octanol–water partition coefficient (Wildman–Crippen LogP) is 3.35. The lowest BCUT2D eigenvalue weighted by atomic mass is 9.97. The molecule has 0 radical (unpaired) electrons. The number of aryl methyl sites for hydroxylation is 1. The van der Waals surface area contributed by atoms with Gasteiger partial charge in [0.25, 0.3) is 0 Å². The summed E-state index contributed by atoms with van der Waals surface area (Å²) in [6.45, 7) is 13.0. The molecule has 0 saturated heterocycles. The van der Waals surface area contributed by atoms with Crippen LogP contribution in [-0.4, -0.2) is 52.9 Å². The van der Waals surface area contributed by atoms with Gasteiger partial charge in [-0.1, -0.05) is 37.6 Å². The van der Waals surface area contributed by atoms with Crippen LogP contribution in [0.4, 0.5) is 4.79 Å². The summed E-state index contributed by atoms with van der Waals surface area (Å²) in [6, 6.07) is 5.27. The predicted molar refractivity (Wildman–Crippen MR) is 135 cm³/mol. The molecule has 0 aliphatic carbocycles. The van der Waals surface area contributed by atoms with Gasteiger partial charge in [-0.2, -0.15) is 0 Å². The molecular weight excluding hydrogens is 448 g/mol. The van der Waals surface area contributed by atoms with Crippen molar-refractivity contribution in [3.05, 3.63) is 35.4 Å². The monoisotopic (exact) mass is 490 g/mol. The van der Waals surface area contributed by atoms with Gasteiger partial charge >= 0.3 is 6.09 Å².